The second-order valence-corrected chi connectivity index (χ2v) is 5.05. The molecule has 1 atom stereocenters. The van der Waals surface area contributed by atoms with Crippen LogP contribution in [0.3, 0.4) is 0 Å². The molecule has 0 aliphatic heterocycles. The molecule has 0 aliphatic rings. The SMILES string of the molecule is CC(=O)C(C)NC(=O)c1ccc(-c2cc(C(F)(F)F)[nH]n2)cc1. The van der Waals surface area contributed by atoms with Gasteiger partial charge in [-0.2, -0.15) is 18.3 Å². The lowest BCUT2D eigenvalue weighted by molar-refractivity contribution is -0.141. The van der Waals surface area contributed by atoms with Crippen molar-refractivity contribution >= 4 is 11.7 Å². The van der Waals surface area contributed by atoms with E-state index in [-0.39, 0.29) is 11.5 Å². The van der Waals surface area contributed by atoms with Crippen LogP contribution in [0.5, 0.6) is 0 Å². The number of nitrogens with one attached hydrogen (secondary N) is 2. The van der Waals surface area contributed by atoms with Crippen molar-refractivity contribution in [2.75, 3.05) is 0 Å². The molecule has 122 valence electrons. The molecule has 1 unspecified atom stereocenters. The number of aromatic nitrogens is 2. The van der Waals surface area contributed by atoms with Crippen LogP contribution in [0.4, 0.5) is 13.2 Å². The van der Waals surface area contributed by atoms with Crippen molar-refractivity contribution in [2.45, 2.75) is 26.1 Å². The van der Waals surface area contributed by atoms with Gasteiger partial charge in [0.05, 0.1) is 11.7 Å². The first kappa shape index (κ1) is 16.7. The van der Waals surface area contributed by atoms with Crippen LogP contribution in [0.2, 0.25) is 0 Å². The average molecular weight is 325 g/mol. The van der Waals surface area contributed by atoms with Crippen molar-refractivity contribution in [1.82, 2.24) is 15.5 Å². The number of nitrogens with zero attached hydrogens (tertiary/aromatic N) is 1. The van der Waals surface area contributed by atoms with E-state index in [2.05, 4.69) is 10.4 Å². The van der Waals surface area contributed by atoms with Crippen molar-refractivity contribution in [3.63, 3.8) is 0 Å². The molecule has 0 saturated carbocycles. The largest absolute Gasteiger partial charge is 0.432 e. The third-order valence-corrected chi connectivity index (χ3v) is 3.28. The van der Waals surface area contributed by atoms with Crippen LogP contribution in [0.1, 0.15) is 29.9 Å². The molecular formula is C15H14F3N3O2. The highest BCUT2D eigenvalue weighted by Crippen LogP contribution is 2.30. The van der Waals surface area contributed by atoms with E-state index in [0.717, 1.165) is 6.07 Å². The van der Waals surface area contributed by atoms with E-state index >= 15 is 0 Å². The summed E-state index contributed by atoms with van der Waals surface area (Å²) in [5.74, 6) is -0.608. The van der Waals surface area contributed by atoms with Crippen LogP contribution >= 0.6 is 0 Å². The molecule has 0 bridgehead atoms. The fraction of sp³-hybridized carbons (Fsp3) is 0.267. The van der Waals surface area contributed by atoms with E-state index in [0.29, 0.717) is 11.1 Å². The van der Waals surface area contributed by atoms with Crippen LogP contribution in [-0.2, 0) is 11.0 Å². The van der Waals surface area contributed by atoms with Gasteiger partial charge in [0.15, 0.2) is 5.78 Å². The fourth-order valence-electron chi connectivity index (χ4n) is 1.79. The third kappa shape index (κ3) is 3.97. The molecule has 0 fully saturated rings. The van der Waals surface area contributed by atoms with Gasteiger partial charge < -0.3 is 5.32 Å². The number of carbonyl (C=O) groups is 2. The molecule has 0 saturated heterocycles. The number of alkyl halides is 3. The topological polar surface area (TPSA) is 74.8 Å². The lowest BCUT2D eigenvalue weighted by Crippen LogP contribution is -2.37. The molecule has 5 nitrogen and oxygen atoms in total. The maximum atomic E-state index is 12.5. The van der Waals surface area contributed by atoms with E-state index in [4.69, 9.17) is 0 Å². The Morgan fingerprint density at radius 3 is 2.30 bits per heavy atom. The van der Waals surface area contributed by atoms with Gasteiger partial charge in [0.25, 0.3) is 5.91 Å². The highest BCUT2D eigenvalue weighted by Gasteiger charge is 2.33. The van der Waals surface area contributed by atoms with Gasteiger partial charge in [-0.1, -0.05) is 12.1 Å². The zero-order valence-corrected chi connectivity index (χ0v) is 12.4. The van der Waals surface area contributed by atoms with E-state index < -0.39 is 23.8 Å². The minimum Gasteiger partial charge on any atom is -0.343 e. The standard InChI is InChI=1S/C15H14F3N3O2/c1-8(9(2)22)19-14(23)11-5-3-10(4-6-11)12-7-13(21-20-12)15(16,17)18/h3-8H,1-2H3,(H,19,23)(H,20,21). The predicted molar refractivity (Wildman–Crippen MR) is 76.6 cm³/mol. The zero-order chi connectivity index (χ0) is 17.2. The van der Waals surface area contributed by atoms with Crippen molar-refractivity contribution in [3.8, 4) is 11.3 Å². The van der Waals surface area contributed by atoms with Gasteiger partial charge in [0, 0.05) is 11.1 Å². The van der Waals surface area contributed by atoms with Crippen LogP contribution in [0, 0.1) is 0 Å². The van der Waals surface area contributed by atoms with Gasteiger partial charge in [-0.25, -0.2) is 0 Å². The molecule has 1 aromatic carbocycles. The number of amides is 1. The van der Waals surface area contributed by atoms with Crippen molar-refractivity contribution < 1.29 is 22.8 Å². The van der Waals surface area contributed by atoms with Gasteiger partial charge in [0.2, 0.25) is 0 Å². The molecule has 2 N–H and O–H groups in total. The minimum absolute atomic E-state index is 0.126. The fourth-order valence-corrected chi connectivity index (χ4v) is 1.79. The Morgan fingerprint density at radius 1 is 1.22 bits per heavy atom. The van der Waals surface area contributed by atoms with E-state index in [9.17, 15) is 22.8 Å². The summed E-state index contributed by atoms with van der Waals surface area (Å²) in [6.45, 7) is 2.93. The van der Waals surface area contributed by atoms with Gasteiger partial charge in [0.1, 0.15) is 5.69 Å². The quantitative estimate of drug-likeness (QED) is 0.908. The molecule has 23 heavy (non-hydrogen) atoms. The third-order valence-electron chi connectivity index (χ3n) is 3.28. The molecule has 1 heterocycles. The molecular weight excluding hydrogens is 311 g/mol. The normalized spacial score (nSPS) is 12.7. The summed E-state index contributed by atoms with van der Waals surface area (Å²) >= 11 is 0. The lowest BCUT2D eigenvalue weighted by atomic mass is 10.1. The first-order valence-corrected chi connectivity index (χ1v) is 6.73. The Morgan fingerprint density at radius 2 is 1.83 bits per heavy atom. The molecule has 0 spiro atoms. The number of carbonyl (C=O) groups excluding carboxylic acids is 2. The van der Waals surface area contributed by atoms with Crippen LogP contribution in [0.25, 0.3) is 11.3 Å². The van der Waals surface area contributed by atoms with Crippen LogP contribution < -0.4 is 5.32 Å². The maximum Gasteiger partial charge on any atom is 0.432 e. The summed E-state index contributed by atoms with van der Waals surface area (Å²) in [5.41, 5.74) is -0.0765. The number of benzene rings is 1. The Balaban J connectivity index is 2.15. The molecule has 1 amide bonds. The van der Waals surface area contributed by atoms with Crippen molar-refractivity contribution in [3.05, 3.63) is 41.6 Å². The predicted octanol–water partition coefficient (Wildman–Crippen LogP) is 2.80. The number of rotatable bonds is 4. The summed E-state index contributed by atoms with van der Waals surface area (Å²) < 4.78 is 37.6. The van der Waals surface area contributed by atoms with Crippen LogP contribution in [-0.4, -0.2) is 27.9 Å². The first-order valence-electron chi connectivity index (χ1n) is 6.73. The summed E-state index contributed by atoms with van der Waals surface area (Å²) in [6, 6.07) is 6.18. The Hall–Kier alpha value is -2.64. The van der Waals surface area contributed by atoms with Gasteiger partial charge >= 0.3 is 6.18 Å². The molecule has 0 radical (unpaired) electrons. The average Bonchev–Trinajstić information content (AvgIpc) is 2.97. The summed E-state index contributed by atoms with van der Waals surface area (Å²) in [6.07, 6.45) is -4.49. The van der Waals surface area contributed by atoms with E-state index in [1.807, 2.05) is 5.10 Å². The van der Waals surface area contributed by atoms with Gasteiger partial charge in [-0.05, 0) is 32.0 Å². The Kier molecular flexibility index (Phi) is 4.53. The van der Waals surface area contributed by atoms with Crippen LogP contribution in [0.15, 0.2) is 30.3 Å². The monoisotopic (exact) mass is 325 g/mol. The Bertz CT molecular complexity index is 720. The number of hydrogen-bond donors (Lipinski definition) is 2. The Labute approximate surface area is 129 Å². The number of H-pyrrole nitrogens is 1. The number of halogens is 3. The lowest BCUT2D eigenvalue weighted by Gasteiger charge is -2.10. The van der Waals surface area contributed by atoms with Gasteiger partial charge in [-0.15, -0.1) is 0 Å². The van der Waals surface area contributed by atoms with Gasteiger partial charge in [-0.3, -0.25) is 14.7 Å². The number of ketones is 1. The molecule has 0 aliphatic carbocycles. The minimum atomic E-state index is -4.49. The summed E-state index contributed by atoms with van der Waals surface area (Å²) in [4.78, 5) is 23.0. The van der Waals surface area contributed by atoms with E-state index in [1.165, 1.54) is 31.2 Å². The highest BCUT2D eigenvalue weighted by atomic mass is 19.4. The van der Waals surface area contributed by atoms with Crippen molar-refractivity contribution in [1.29, 1.82) is 0 Å². The second kappa shape index (κ2) is 6.23. The molecule has 1 aromatic heterocycles. The maximum absolute atomic E-state index is 12.5. The zero-order valence-electron chi connectivity index (χ0n) is 12.4. The van der Waals surface area contributed by atoms with Crippen molar-refractivity contribution in [2.24, 2.45) is 0 Å². The molecule has 2 rings (SSSR count). The number of Topliss-reactive ketones (excluding diaryl/α,β-unsaturated/α-hetero) is 1. The number of hydrogen-bond acceptors (Lipinski definition) is 3. The molecule has 2 aromatic rings. The molecule has 8 heteroatoms. The second-order valence-electron chi connectivity index (χ2n) is 5.05. The van der Waals surface area contributed by atoms with E-state index in [1.54, 1.807) is 6.92 Å². The number of aromatic amines is 1. The highest BCUT2D eigenvalue weighted by molar-refractivity contribution is 5.97. The first-order chi connectivity index (χ1) is 10.7. The summed E-state index contributed by atoms with van der Waals surface area (Å²) in [7, 11) is 0. The smallest absolute Gasteiger partial charge is 0.343 e. The summed E-state index contributed by atoms with van der Waals surface area (Å²) in [5, 5.41) is 8.06.